The maximum absolute atomic E-state index is 5.87. The van der Waals surface area contributed by atoms with Crippen LogP contribution in [0.5, 0.6) is 0 Å². The number of fused-ring (bicyclic) bond motifs is 1. The molecule has 0 aromatic carbocycles. The fourth-order valence-electron chi connectivity index (χ4n) is 2.18. The van der Waals surface area contributed by atoms with Crippen LogP contribution >= 0.6 is 0 Å². The van der Waals surface area contributed by atoms with Gasteiger partial charge in [-0.1, -0.05) is 0 Å². The average Bonchev–Trinajstić information content (AvgIpc) is 2.79. The Balaban J connectivity index is 1.73. The third kappa shape index (κ3) is 2.59. The first-order valence-electron chi connectivity index (χ1n) is 6.30. The Kier molecular flexibility index (Phi) is 3.18. The highest BCUT2D eigenvalue weighted by Gasteiger charge is 2.13. The molecule has 0 unspecified atom stereocenters. The first kappa shape index (κ1) is 12.1. The van der Waals surface area contributed by atoms with Gasteiger partial charge in [-0.2, -0.15) is 4.98 Å². The molecule has 0 saturated carbocycles. The van der Waals surface area contributed by atoms with E-state index in [2.05, 4.69) is 24.8 Å². The van der Waals surface area contributed by atoms with Gasteiger partial charge in [0, 0.05) is 26.1 Å². The molecule has 0 spiro atoms. The molecule has 2 aromatic heterocycles. The molecular weight excluding hydrogens is 246 g/mol. The third-order valence-corrected chi connectivity index (χ3v) is 3.20. The van der Waals surface area contributed by atoms with Crippen molar-refractivity contribution in [1.82, 2.24) is 24.8 Å². The molecule has 1 fully saturated rings. The van der Waals surface area contributed by atoms with Crippen LogP contribution in [0, 0.1) is 0 Å². The van der Waals surface area contributed by atoms with E-state index in [1.165, 1.54) is 0 Å². The fourth-order valence-corrected chi connectivity index (χ4v) is 2.18. The molecule has 1 aliphatic heterocycles. The van der Waals surface area contributed by atoms with Crippen LogP contribution < -0.4 is 11.5 Å². The van der Waals surface area contributed by atoms with Crippen LogP contribution in [0.3, 0.4) is 0 Å². The maximum atomic E-state index is 5.87. The summed E-state index contributed by atoms with van der Waals surface area (Å²) < 4.78 is 5.31. The topological polar surface area (TPSA) is 119 Å². The number of H-pyrrole nitrogens is 1. The van der Waals surface area contributed by atoms with Crippen molar-refractivity contribution < 1.29 is 4.74 Å². The minimum absolute atomic E-state index is 0.307. The van der Waals surface area contributed by atoms with Crippen LogP contribution in [-0.2, 0) is 11.2 Å². The van der Waals surface area contributed by atoms with E-state index in [1.807, 2.05) is 0 Å². The van der Waals surface area contributed by atoms with E-state index in [9.17, 15) is 0 Å². The molecule has 0 amide bonds. The molecule has 3 heterocycles. The number of nitrogens with zero attached hydrogens (tertiary/aromatic N) is 4. The number of nitrogens with two attached hydrogens (primary N) is 2. The lowest BCUT2D eigenvalue weighted by atomic mass is 10.3. The highest BCUT2D eigenvalue weighted by Crippen LogP contribution is 2.16. The van der Waals surface area contributed by atoms with E-state index in [0.29, 0.717) is 28.8 Å². The minimum atomic E-state index is 0.307. The van der Waals surface area contributed by atoms with E-state index in [4.69, 9.17) is 16.2 Å². The molecular formula is C11H17N7O. The molecule has 1 aliphatic rings. The van der Waals surface area contributed by atoms with Gasteiger partial charge < -0.3 is 21.2 Å². The standard InChI is InChI=1S/C11H17N7O/c12-9-8-10(17-11(13)16-8)15-7(14-9)1-2-18-3-5-19-6-4-18/h1-6H2,(H5,12,13,14,15,16,17). The van der Waals surface area contributed by atoms with Crippen LogP contribution in [0.4, 0.5) is 11.8 Å². The lowest BCUT2D eigenvalue weighted by molar-refractivity contribution is 0.0382. The van der Waals surface area contributed by atoms with Crippen LogP contribution in [0.2, 0.25) is 0 Å². The molecule has 102 valence electrons. The quantitative estimate of drug-likeness (QED) is 0.676. The van der Waals surface area contributed by atoms with Gasteiger partial charge in [-0.3, -0.25) is 4.90 Å². The second kappa shape index (κ2) is 4.98. The highest BCUT2D eigenvalue weighted by molar-refractivity contribution is 5.82. The molecule has 0 aliphatic carbocycles. The summed E-state index contributed by atoms with van der Waals surface area (Å²) in [6.45, 7) is 4.38. The number of aromatic nitrogens is 4. The summed E-state index contributed by atoms with van der Waals surface area (Å²) in [5.74, 6) is 1.40. The van der Waals surface area contributed by atoms with Gasteiger partial charge in [0.25, 0.3) is 0 Å². The first-order chi connectivity index (χ1) is 9.22. The third-order valence-electron chi connectivity index (χ3n) is 3.20. The molecule has 19 heavy (non-hydrogen) atoms. The SMILES string of the molecule is Nc1nc2nc(CCN3CCOCC3)nc(N)c2[nH]1. The highest BCUT2D eigenvalue weighted by atomic mass is 16.5. The zero-order chi connectivity index (χ0) is 13.2. The van der Waals surface area contributed by atoms with Gasteiger partial charge in [-0.25, -0.2) is 9.97 Å². The zero-order valence-electron chi connectivity index (χ0n) is 10.6. The largest absolute Gasteiger partial charge is 0.382 e. The molecule has 5 N–H and O–H groups in total. The Morgan fingerprint density at radius 3 is 2.74 bits per heavy atom. The minimum Gasteiger partial charge on any atom is -0.382 e. The van der Waals surface area contributed by atoms with Gasteiger partial charge in [-0.15, -0.1) is 0 Å². The molecule has 8 heteroatoms. The van der Waals surface area contributed by atoms with Crippen LogP contribution in [-0.4, -0.2) is 57.7 Å². The van der Waals surface area contributed by atoms with Crippen molar-refractivity contribution in [3.8, 4) is 0 Å². The molecule has 1 saturated heterocycles. The van der Waals surface area contributed by atoms with E-state index >= 15 is 0 Å². The summed E-state index contributed by atoms with van der Waals surface area (Å²) in [5, 5.41) is 0. The normalized spacial score (nSPS) is 17.1. The van der Waals surface area contributed by atoms with E-state index in [1.54, 1.807) is 0 Å². The van der Waals surface area contributed by atoms with Gasteiger partial charge >= 0.3 is 0 Å². The van der Waals surface area contributed by atoms with Gasteiger partial charge in [0.15, 0.2) is 17.4 Å². The van der Waals surface area contributed by atoms with Crippen molar-refractivity contribution in [3.63, 3.8) is 0 Å². The van der Waals surface area contributed by atoms with Crippen LogP contribution in [0.15, 0.2) is 0 Å². The number of morpholine rings is 1. The molecule has 2 aromatic rings. The Labute approximate surface area is 110 Å². The first-order valence-corrected chi connectivity index (χ1v) is 6.30. The number of nitrogen functional groups attached to an aromatic ring is 2. The summed E-state index contributed by atoms with van der Waals surface area (Å²) >= 11 is 0. The van der Waals surface area contributed by atoms with Crippen molar-refractivity contribution in [3.05, 3.63) is 5.82 Å². The van der Waals surface area contributed by atoms with Crippen molar-refractivity contribution in [1.29, 1.82) is 0 Å². The Morgan fingerprint density at radius 2 is 1.95 bits per heavy atom. The van der Waals surface area contributed by atoms with Crippen molar-refractivity contribution in [2.24, 2.45) is 0 Å². The molecule has 0 radical (unpaired) electrons. The molecule has 8 nitrogen and oxygen atoms in total. The van der Waals surface area contributed by atoms with E-state index < -0.39 is 0 Å². The second-order valence-corrected chi connectivity index (χ2v) is 4.55. The summed E-state index contributed by atoms with van der Waals surface area (Å²) in [6, 6.07) is 0. The Morgan fingerprint density at radius 1 is 1.16 bits per heavy atom. The van der Waals surface area contributed by atoms with Gasteiger partial charge in [0.05, 0.1) is 13.2 Å². The predicted molar refractivity (Wildman–Crippen MR) is 71.5 cm³/mol. The number of anilines is 2. The number of imidazole rings is 1. The summed E-state index contributed by atoms with van der Waals surface area (Å²) in [4.78, 5) is 17.9. The van der Waals surface area contributed by atoms with Crippen LogP contribution in [0.25, 0.3) is 11.2 Å². The molecule has 0 atom stereocenters. The van der Waals surface area contributed by atoms with Gasteiger partial charge in [0.2, 0.25) is 0 Å². The monoisotopic (exact) mass is 263 g/mol. The fraction of sp³-hybridized carbons (Fsp3) is 0.545. The van der Waals surface area contributed by atoms with E-state index in [0.717, 1.165) is 39.3 Å². The number of nitrogens with one attached hydrogen (secondary N) is 1. The maximum Gasteiger partial charge on any atom is 0.200 e. The number of aromatic amines is 1. The smallest absolute Gasteiger partial charge is 0.200 e. The number of hydrogen-bond donors (Lipinski definition) is 3. The van der Waals surface area contributed by atoms with E-state index in [-0.39, 0.29) is 0 Å². The molecule has 0 bridgehead atoms. The number of ether oxygens (including phenoxy) is 1. The Hall–Kier alpha value is -1.93. The predicted octanol–water partition coefficient (Wildman–Crippen LogP) is -0.608. The Bertz CT molecular complexity index is 576. The summed E-state index contributed by atoms with van der Waals surface area (Å²) in [5.41, 5.74) is 12.6. The van der Waals surface area contributed by atoms with Gasteiger partial charge in [0.1, 0.15) is 11.3 Å². The van der Waals surface area contributed by atoms with Crippen molar-refractivity contribution in [2.75, 3.05) is 44.3 Å². The van der Waals surface area contributed by atoms with Gasteiger partial charge in [-0.05, 0) is 0 Å². The number of hydrogen-bond acceptors (Lipinski definition) is 7. The number of rotatable bonds is 3. The lowest BCUT2D eigenvalue weighted by Crippen LogP contribution is -2.37. The molecule has 3 rings (SSSR count). The van der Waals surface area contributed by atoms with Crippen molar-refractivity contribution in [2.45, 2.75) is 6.42 Å². The van der Waals surface area contributed by atoms with Crippen molar-refractivity contribution >= 4 is 22.9 Å². The zero-order valence-corrected chi connectivity index (χ0v) is 10.6. The average molecular weight is 263 g/mol. The lowest BCUT2D eigenvalue weighted by Gasteiger charge is -2.26. The summed E-state index contributed by atoms with van der Waals surface area (Å²) in [6.07, 6.45) is 0.743. The van der Waals surface area contributed by atoms with Crippen LogP contribution in [0.1, 0.15) is 5.82 Å². The summed E-state index contributed by atoms with van der Waals surface area (Å²) in [7, 11) is 0. The second-order valence-electron chi connectivity index (χ2n) is 4.55.